The highest BCUT2D eigenvalue weighted by Crippen LogP contribution is 2.33. The van der Waals surface area contributed by atoms with E-state index in [9.17, 15) is 13.2 Å². The summed E-state index contributed by atoms with van der Waals surface area (Å²) in [6.07, 6.45) is 3.27. The second-order valence-corrected chi connectivity index (χ2v) is 8.31. The second-order valence-electron chi connectivity index (χ2n) is 6.62. The van der Waals surface area contributed by atoms with Crippen LogP contribution in [0.4, 0.5) is 4.79 Å². The lowest BCUT2D eigenvalue weighted by atomic mass is 9.89. The predicted molar refractivity (Wildman–Crippen MR) is 95.9 cm³/mol. The van der Waals surface area contributed by atoms with Crippen LogP contribution in [0.2, 0.25) is 0 Å². The molecule has 3 N–H and O–H groups in total. The topological polar surface area (TPSA) is 105 Å². The Balaban J connectivity index is 1.77. The van der Waals surface area contributed by atoms with Crippen LogP contribution in [-0.4, -0.2) is 50.3 Å². The summed E-state index contributed by atoms with van der Waals surface area (Å²) in [7, 11) is -1.81. The average molecular weight is 365 g/mol. The first-order valence-electron chi connectivity index (χ1n) is 8.34. The molecule has 0 aliphatic carbocycles. The maximum Gasteiger partial charge on any atom is 0.420 e. The van der Waals surface area contributed by atoms with Gasteiger partial charge in [0.05, 0.1) is 5.75 Å². The number of hydrogen-bond acceptors (Lipinski definition) is 5. The number of nitrogens with one attached hydrogen (secondary N) is 1. The maximum atomic E-state index is 11.6. The third-order valence-electron chi connectivity index (χ3n) is 4.79. The fraction of sp³-hybridized carbons (Fsp3) is 0.471. The highest BCUT2D eigenvalue weighted by atomic mass is 32.2. The number of benzene rings is 1. The van der Waals surface area contributed by atoms with Crippen molar-refractivity contribution in [3.05, 3.63) is 35.5 Å². The summed E-state index contributed by atoms with van der Waals surface area (Å²) in [6, 6.07) is 5.88. The van der Waals surface area contributed by atoms with Crippen LogP contribution in [0.1, 0.15) is 29.9 Å². The zero-order chi connectivity index (χ0) is 18.0. The van der Waals surface area contributed by atoms with Crippen LogP contribution < -0.4 is 5.73 Å². The molecule has 0 atom stereocenters. The third kappa shape index (κ3) is 4.32. The zero-order valence-corrected chi connectivity index (χ0v) is 15.0. The molecule has 2 heterocycles. The lowest BCUT2D eigenvalue weighted by Gasteiger charge is -2.28. The summed E-state index contributed by atoms with van der Waals surface area (Å²) in [5.41, 5.74) is 8.00. The number of fused-ring (bicyclic) bond motifs is 1. The van der Waals surface area contributed by atoms with Crippen LogP contribution in [-0.2, 0) is 20.7 Å². The number of aromatic amines is 1. The van der Waals surface area contributed by atoms with Gasteiger partial charge in [-0.15, -0.1) is 0 Å². The molecule has 1 amide bonds. The molecule has 0 bridgehead atoms. The summed E-state index contributed by atoms with van der Waals surface area (Å²) in [5.74, 6) is 0.234. The summed E-state index contributed by atoms with van der Waals surface area (Å²) < 4.78 is 27.4. The van der Waals surface area contributed by atoms with E-state index >= 15 is 0 Å². The van der Waals surface area contributed by atoms with Gasteiger partial charge >= 0.3 is 16.2 Å². The standard InChI is InChI=1S/C17H23N3O4S/c1-20-7-4-13(5-8-20)15-11-19-16-3-2-12(10-14(15)16)6-9-25(22,23)24-17(18)21/h2-3,10-11,13,19H,4-9H2,1H3,(H2,18,21). The Morgan fingerprint density at radius 3 is 2.76 bits per heavy atom. The van der Waals surface area contributed by atoms with Gasteiger partial charge in [0.1, 0.15) is 0 Å². The van der Waals surface area contributed by atoms with Crippen LogP contribution in [0, 0.1) is 0 Å². The number of nitrogens with zero attached hydrogens (tertiary/aromatic N) is 1. The van der Waals surface area contributed by atoms with Crippen molar-refractivity contribution in [3.8, 4) is 0 Å². The fourth-order valence-electron chi connectivity index (χ4n) is 3.41. The number of aromatic nitrogens is 1. The smallest absolute Gasteiger partial charge is 0.361 e. The molecule has 1 aromatic carbocycles. The number of H-pyrrole nitrogens is 1. The van der Waals surface area contributed by atoms with Crippen LogP contribution in [0.25, 0.3) is 10.9 Å². The molecule has 1 aliphatic rings. The third-order valence-corrected chi connectivity index (χ3v) is 5.91. The lowest BCUT2D eigenvalue weighted by molar-refractivity contribution is 0.213. The maximum absolute atomic E-state index is 11.6. The molecule has 8 heteroatoms. The summed E-state index contributed by atoms with van der Waals surface area (Å²) in [5, 5.41) is 1.14. The van der Waals surface area contributed by atoms with Crippen molar-refractivity contribution in [2.75, 3.05) is 25.9 Å². The SMILES string of the molecule is CN1CCC(c2c[nH]c3ccc(CCS(=O)(=O)OC(N)=O)cc23)CC1. The van der Waals surface area contributed by atoms with E-state index in [1.807, 2.05) is 18.2 Å². The highest BCUT2D eigenvalue weighted by Gasteiger charge is 2.21. The molecule has 0 unspecified atom stereocenters. The molecular formula is C17H23N3O4S. The molecule has 136 valence electrons. The van der Waals surface area contributed by atoms with Crippen LogP contribution in [0.3, 0.4) is 0 Å². The Bertz CT molecular complexity index is 867. The van der Waals surface area contributed by atoms with Gasteiger partial charge in [0.15, 0.2) is 0 Å². The summed E-state index contributed by atoms with van der Waals surface area (Å²) in [4.78, 5) is 16.3. The van der Waals surface area contributed by atoms with Gasteiger partial charge in [-0.1, -0.05) is 6.07 Å². The number of piperidine rings is 1. The number of carbonyl (C=O) groups excluding carboxylic acids is 1. The van der Waals surface area contributed by atoms with Gasteiger partial charge in [0.25, 0.3) is 0 Å². The number of aryl methyl sites for hydroxylation is 1. The molecule has 0 spiro atoms. The Hall–Kier alpha value is -2.06. The molecular weight excluding hydrogens is 342 g/mol. The van der Waals surface area contributed by atoms with Crippen LogP contribution in [0.5, 0.6) is 0 Å². The Morgan fingerprint density at radius 1 is 1.36 bits per heavy atom. The summed E-state index contributed by atoms with van der Waals surface area (Å²) in [6.45, 7) is 2.17. The quantitative estimate of drug-likeness (QED) is 0.788. The first kappa shape index (κ1) is 17.8. The minimum atomic E-state index is -3.94. The number of primary amides is 1. The number of nitrogens with two attached hydrogens (primary N) is 1. The van der Waals surface area contributed by atoms with Gasteiger partial charge in [0, 0.05) is 17.1 Å². The van der Waals surface area contributed by atoms with Crippen LogP contribution in [0.15, 0.2) is 24.4 Å². The number of hydrogen-bond donors (Lipinski definition) is 2. The first-order valence-corrected chi connectivity index (χ1v) is 9.92. The van der Waals surface area contributed by atoms with E-state index in [2.05, 4.69) is 27.3 Å². The van der Waals surface area contributed by atoms with Gasteiger partial charge < -0.3 is 19.8 Å². The summed E-state index contributed by atoms with van der Waals surface area (Å²) >= 11 is 0. The Morgan fingerprint density at radius 2 is 2.08 bits per heavy atom. The molecule has 1 aromatic heterocycles. The van der Waals surface area contributed by atoms with Crippen molar-refractivity contribution >= 4 is 27.1 Å². The fourth-order valence-corrected chi connectivity index (χ4v) is 4.23. The monoisotopic (exact) mass is 365 g/mol. The minimum absolute atomic E-state index is 0.267. The number of carbonyl (C=O) groups is 1. The number of amides is 1. The molecule has 3 rings (SSSR count). The van der Waals surface area contributed by atoms with Crippen molar-refractivity contribution in [2.24, 2.45) is 5.73 Å². The molecule has 0 radical (unpaired) electrons. The van der Waals surface area contributed by atoms with Gasteiger partial charge in [-0.25, -0.2) is 4.79 Å². The molecule has 1 saturated heterocycles. The van der Waals surface area contributed by atoms with E-state index < -0.39 is 16.2 Å². The van der Waals surface area contributed by atoms with E-state index in [4.69, 9.17) is 5.73 Å². The highest BCUT2D eigenvalue weighted by molar-refractivity contribution is 7.87. The lowest BCUT2D eigenvalue weighted by Crippen LogP contribution is -2.29. The van der Waals surface area contributed by atoms with Gasteiger partial charge in [-0.3, -0.25) is 0 Å². The van der Waals surface area contributed by atoms with Crippen molar-refractivity contribution in [1.82, 2.24) is 9.88 Å². The van der Waals surface area contributed by atoms with Crippen LogP contribution >= 0.6 is 0 Å². The van der Waals surface area contributed by atoms with Crippen molar-refractivity contribution in [3.63, 3.8) is 0 Å². The van der Waals surface area contributed by atoms with E-state index in [1.165, 1.54) is 5.56 Å². The Labute approximate surface area is 147 Å². The van der Waals surface area contributed by atoms with E-state index in [0.29, 0.717) is 5.92 Å². The molecule has 7 nitrogen and oxygen atoms in total. The normalized spacial score (nSPS) is 17.0. The average Bonchev–Trinajstić information content (AvgIpc) is 2.96. The predicted octanol–water partition coefficient (Wildman–Crippen LogP) is 1.94. The molecule has 0 saturated carbocycles. The molecule has 1 fully saturated rings. The van der Waals surface area contributed by atoms with Crippen molar-refractivity contribution in [2.45, 2.75) is 25.2 Å². The van der Waals surface area contributed by atoms with Gasteiger partial charge in [-0.05, 0) is 68.6 Å². The zero-order valence-electron chi connectivity index (χ0n) is 14.2. The molecule has 2 aromatic rings. The van der Waals surface area contributed by atoms with E-state index in [-0.39, 0.29) is 12.2 Å². The minimum Gasteiger partial charge on any atom is -0.361 e. The Kier molecular flexibility index (Phi) is 5.01. The number of likely N-dealkylation sites (tertiary alicyclic amines) is 1. The van der Waals surface area contributed by atoms with Crippen molar-refractivity contribution in [1.29, 1.82) is 0 Å². The number of rotatable bonds is 5. The molecule has 25 heavy (non-hydrogen) atoms. The molecule has 1 aliphatic heterocycles. The first-order chi connectivity index (χ1) is 11.8. The van der Waals surface area contributed by atoms with Gasteiger partial charge in [-0.2, -0.15) is 8.42 Å². The van der Waals surface area contributed by atoms with Gasteiger partial charge in [0.2, 0.25) is 0 Å². The van der Waals surface area contributed by atoms with Crippen molar-refractivity contribution < 1.29 is 17.4 Å². The largest absolute Gasteiger partial charge is 0.420 e. The second kappa shape index (κ2) is 7.05. The van der Waals surface area contributed by atoms with E-state index in [0.717, 1.165) is 42.4 Å². The van der Waals surface area contributed by atoms with E-state index in [1.54, 1.807) is 0 Å².